The Labute approximate surface area is 125 Å². The molecule has 2 aromatic carbocycles. The summed E-state index contributed by atoms with van der Waals surface area (Å²) in [6, 6.07) is 13.2. The second kappa shape index (κ2) is 5.16. The average Bonchev–Trinajstić information content (AvgIpc) is 2.41. The van der Waals surface area contributed by atoms with Gasteiger partial charge in [-0.3, -0.25) is 0 Å². The van der Waals surface area contributed by atoms with Crippen molar-refractivity contribution in [2.75, 3.05) is 0 Å². The normalized spacial score (nSPS) is 21.6. The van der Waals surface area contributed by atoms with Crippen molar-refractivity contribution in [3.63, 3.8) is 0 Å². The number of ether oxygens (including phenoxy) is 1. The van der Waals surface area contributed by atoms with Gasteiger partial charge in [0.2, 0.25) is 0 Å². The van der Waals surface area contributed by atoms with Gasteiger partial charge in [-0.05, 0) is 24.3 Å². The van der Waals surface area contributed by atoms with Gasteiger partial charge in [-0.2, -0.15) is 0 Å². The Hall–Kier alpha value is -1.03. The van der Waals surface area contributed by atoms with Gasteiger partial charge in [-0.25, -0.2) is 0 Å². The Bertz CT molecular complexity index is 615. The van der Waals surface area contributed by atoms with Crippen LogP contribution in [0.25, 0.3) is 0 Å². The highest BCUT2D eigenvalue weighted by atomic mass is 79.9. The van der Waals surface area contributed by atoms with Crippen molar-refractivity contribution in [1.29, 1.82) is 0 Å². The van der Waals surface area contributed by atoms with Crippen LogP contribution in [0.5, 0.6) is 5.75 Å². The first-order chi connectivity index (χ1) is 9.15. The molecule has 0 aliphatic carbocycles. The maximum atomic E-state index is 10.2. The molecule has 19 heavy (non-hydrogen) atoms. The standard InChI is InChI=1S/C15H12BrClO2/c16-12-6-5-9(17)7-11(12)15-8-13(18)10-3-1-2-4-14(10)19-15/h1-7,13,15,18H,8H2/t13-,15?/m1/s1. The summed E-state index contributed by atoms with van der Waals surface area (Å²) < 4.78 is 6.91. The van der Waals surface area contributed by atoms with Crippen LogP contribution >= 0.6 is 27.5 Å². The summed E-state index contributed by atoms with van der Waals surface area (Å²) in [6.07, 6.45) is -0.186. The first-order valence-corrected chi connectivity index (χ1v) is 7.21. The fourth-order valence-corrected chi connectivity index (χ4v) is 3.03. The third-order valence-electron chi connectivity index (χ3n) is 3.29. The van der Waals surface area contributed by atoms with Crippen molar-refractivity contribution in [1.82, 2.24) is 0 Å². The molecule has 0 bridgehead atoms. The topological polar surface area (TPSA) is 29.5 Å². The minimum Gasteiger partial charge on any atom is -0.485 e. The lowest BCUT2D eigenvalue weighted by molar-refractivity contribution is 0.0654. The highest BCUT2D eigenvalue weighted by Crippen LogP contribution is 2.42. The van der Waals surface area contributed by atoms with E-state index in [1.54, 1.807) is 0 Å². The summed E-state index contributed by atoms with van der Waals surface area (Å²) in [7, 11) is 0. The first kappa shape index (κ1) is 13.0. The number of hydrogen-bond donors (Lipinski definition) is 1. The quantitative estimate of drug-likeness (QED) is 0.819. The zero-order valence-electron chi connectivity index (χ0n) is 10.0. The predicted octanol–water partition coefficient (Wildman–Crippen LogP) is 4.66. The number of para-hydroxylation sites is 1. The first-order valence-electron chi connectivity index (χ1n) is 6.04. The van der Waals surface area contributed by atoms with Crippen molar-refractivity contribution < 1.29 is 9.84 Å². The van der Waals surface area contributed by atoms with Crippen LogP contribution < -0.4 is 4.74 Å². The van der Waals surface area contributed by atoms with Gasteiger partial charge in [0.1, 0.15) is 11.9 Å². The molecule has 0 amide bonds. The second-order valence-corrected chi connectivity index (χ2v) is 5.85. The third-order valence-corrected chi connectivity index (χ3v) is 4.25. The molecule has 98 valence electrons. The lowest BCUT2D eigenvalue weighted by Crippen LogP contribution is -2.19. The summed E-state index contributed by atoms with van der Waals surface area (Å²) >= 11 is 9.54. The number of halogens is 2. The van der Waals surface area contributed by atoms with Gasteiger partial charge >= 0.3 is 0 Å². The highest BCUT2D eigenvalue weighted by Gasteiger charge is 2.28. The molecule has 4 heteroatoms. The van der Waals surface area contributed by atoms with E-state index in [-0.39, 0.29) is 6.10 Å². The minimum absolute atomic E-state index is 0.196. The molecule has 2 aromatic rings. The maximum absolute atomic E-state index is 10.2. The Kier molecular flexibility index (Phi) is 3.52. The second-order valence-electron chi connectivity index (χ2n) is 4.56. The molecule has 1 aliphatic heterocycles. The molecular weight excluding hydrogens is 328 g/mol. The largest absolute Gasteiger partial charge is 0.485 e. The van der Waals surface area contributed by atoms with E-state index in [0.717, 1.165) is 21.3 Å². The monoisotopic (exact) mass is 338 g/mol. The van der Waals surface area contributed by atoms with Crippen LogP contribution in [-0.2, 0) is 0 Å². The van der Waals surface area contributed by atoms with Crippen LogP contribution in [0.15, 0.2) is 46.9 Å². The molecular formula is C15H12BrClO2. The van der Waals surface area contributed by atoms with Crippen LogP contribution in [0.4, 0.5) is 0 Å². The van der Waals surface area contributed by atoms with Gasteiger partial charge in [-0.1, -0.05) is 45.7 Å². The van der Waals surface area contributed by atoms with Gasteiger partial charge in [0.25, 0.3) is 0 Å². The van der Waals surface area contributed by atoms with Gasteiger partial charge in [0.15, 0.2) is 0 Å². The van der Waals surface area contributed by atoms with Gasteiger partial charge < -0.3 is 9.84 Å². The summed E-state index contributed by atoms with van der Waals surface area (Å²) in [5.74, 6) is 0.734. The van der Waals surface area contributed by atoms with Gasteiger partial charge in [0.05, 0.1) is 6.10 Å². The number of aliphatic hydroxyl groups excluding tert-OH is 1. The Morgan fingerprint density at radius 2 is 1.95 bits per heavy atom. The van der Waals surface area contributed by atoms with Crippen LogP contribution in [0.1, 0.15) is 29.8 Å². The fraction of sp³-hybridized carbons (Fsp3) is 0.200. The summed E-state index contributed by atoms with van der Waals surface area (Å²) in [5, 5.41) is 10.9. The molecule has 2 atom stereocenters. The maximum Gasteiger partial charge on any atom is 0.128 e. The van der Waals surface area contributed by atoms with Crippen molar-refractivity contribution in [2.45, 2.75) is 18.6 Å². The molecule has 0 radical (unpaired) electrons. The van der Waals surface area contributed by atoms with E-state index in [0.29, 0.717) is 11.4 Å². The molecule has 0 saturated carbocycles. The van der Waals surface area contributed by atoms with Crippen molar-refractivity contribution in [2.24, 2.45) is 0 Å². The van der Waals surface area contributed by atoms with Gasteiger partial charge in [-0.15, -0.1) is 0 Å². The third kappa shape index (κ3) is 2.50. The highest BCUT2D eigenvalue weighted by molar-refractivity contribution is 9.10. The van der Waals surface area contributed by atoms with Crippen LogP contribution in [-0.4, -0.2) is 5.11 Å². The molecule has 0 fully saturated rings. The van der Waals surface area contributed by atoms with Crippen LogP contribution in [0.3, 0.4) is 0 Å². The van der Waals surface area contributed by atoms with E-state index in [9.17, 15) is 5.11 Å². The number of aliphatic hydroxyl groups is 1. The van der Waals surface area contributed by atoms with E-state index < -0.39 is 6.10 Å². The molecule has 3 rings (SSSR count). The number of benzene rings is 2. The molecule has 2 nitrogen and oxygen atoms in total. The molecule has 1 aliphatic rings. The zero-order valence-corrected chi connectivity index (χ0v) is 12.4. The fourth-order valence-electron chi connectivity index (χ4n) is 2.35. The van der Waals surface area contributed by atoms with Crippen LogP contribution in [0, 0.1) is 0 Å². The van der Waals surface area contributed by atoms with Gasteiger partial charge in [0, 0.05) is 27.0 Å². The van der Waals surface area contributed by atoms with Crippen molar-refractivity contribution >= 4 is 27.5 Å². The molecule has 0 saturated heterocycles. The van der Waals surface area contributed by atoms with E-state index in [1.807, 2.05) is 42.5 Å². The summed E-state index contributed by atoms with van der Waals surface area (Å²) in [4.78, 5) is 0. The Balaban J connectivity index is 1.99. The minimum atomic E-state index is -0.513. The SMILES string of the molecule is O[C@@H]1CC(c2cc(Cl)ccc2Br)Oc2ccccc21. The number of fused-ring (bicyclic) bond motifs is 1. The molecule has 0 aromatic heterocycles. The zero-order chi connectivity index (χ0) is 13.4. The lowest BCUT2D eigenvalue weighted by Gasteiger charge is -2.30. The van der Waals surface area contributed by atoms with E-state index in [2.05, 4.69) is 15.9 Å². The molecule has 1 heterocycles. The molecule has 0 spiro atoms. The number of hydrogen-bond acceptors (Lipinski definition) is 2. The molecule has 1 unspecified atom stereocenters. The van der Waals surface area contributed by atoms with E-state index in [1.165, 1.54) is 0 Å². The number of rotatable bonds is 1. The predicted molar refractivity (Wildman–Crippen MR) is 78.5 cm³/mol. The van der Waals surface area contributed by atoms with E-state index in [4.69, 9.17) is 16.3 Å². The summed E-state index contributed by atoms with van der Waals surface area (Å²) in [5.41, 5.74) is 1.80. The Morgan fingerprint density at radius 3 is 2.79 bits per heavy atom. The van der Waals surface area contributed by atoms with Crippen molar-refractivity contribution in [3.8, 4) is 5.75 Å². The smallest absolute Gasteiger partial charge is 0.128 e. The summed E-state index contributed by atoms with van der Waals surface area (Å²) in [6.45, 7) is 0. The Morgan fingerprint density at radius 1 is 1.16 bits per heavy atom. The van der Waals surface area contributed by atoms with Crippen LogP contribution in [0.2, 0.25) is 5.02 Å². The average molecular weight is 340 g/mol. The van der Waals surface area contributed by atoms with E-state index >= 15 is 0 Å². The van der Waals surface area contributed by atoms with Crippen molar-refractivity contribution in [3.05, 3.63) is 63.1 Å². The molecule has 1 N–H and O–H groups in total. The lowest BCUT2D eigenvalue weighted by atomic mass is 9.95.